The van der Waals surface area contributed by atoms with Crippen LogP contribution in [0.1, 0.15) is 13.8 Å². The van der Waals surface area contributed by atoms with E-state index in [-0.39, 0.29) is 5.41 Å². The molecule has 0 aliphatic heterocycles. The molecule has 2 heteroatoms. The summed E-state index contributed by atoms with van der Waals surface area (Å²) in [5.41, 5.74) is -0.241. The van der Waals surface area contributed by atoms with E-state index in [0.29, 0.717) is 0 Å². The van der Waals surface area contributed by atoms with Crippen molar-refractivity contribution in [3.05, 3.63) is 6.92 Å². The molecule has 0 aromatic rings. The Morgan fingerprint density at radius 3 is 2.14 bits per heavy atom. The van der Waals surface area contributed by atoms with E-state index in [9.17, 15) is 0 Å². The summed E-state index contributed by atoms with van der Waals surface area (Å²) in [6.07, 6.45) is 1.38. The van der Waals surface area contributed by atoms with Gasteiger partial charge in [0.15, 0.2) is 0 Å². The minimum atomic E-state index is -0.241. The van der Waals surface area contributed by atoms with Crippen LogP contribution in [0.15, 0.2) is 5.16 Å². The second kappa shape index (κ2) is 1.96. The lowest BCUT2D eigenvalue weighted by molar-refractivity contribution is 0.316. The van der Waals surface area contributed by atoms with Gasteiger partial charge in [-0.1, -0.05) is 13.8 Å². The van der Waals surface area contributed by atoms with Crippen LogP contribution in [0.25, 0.3) is 0 Å². The second-order valence-electron chi connectivity index (χ2n) is 2.23. The van der Waals surface area contributed by atoms with Crippen molar-refractivity contribution in [3.8, 4) is 0 Å². The Morgan fingerprint density at radius 1 is 1.71 bits per heavy atom. The third kappa shape index (κ3) is 5.47. The van der Waals surface area contributed by atoms with Crippen LogP contribution in [0.5, 0.6) is 0 Å². The highest BCUT2D eigenvalue weighted by atomic mass is 16.4. The van der Waals surface area contributed by atoms with Crippen molar-refractivity contribution < 1.29 is 5.21 Å². The largest absolute Gasteiger partial charge is 0.411 e. The number of hydrogen-bond donors (Lipinski definition) is 1. The maximum Gasteiger partial charge on any atom is 0.0492 e. The van der Waals surface area contributed by atoms with Crippen LogP contribution < -0.4 is 0 Å². The second-order valence-corrected chi connectivity index (χ2v) is 2.23. The molecule has 0 spiro atoms. The highest BCUT2D eigenvalue weighted by Gasteiger charge is 2.04. The molecule has 0 saturated carbocycles. The van der Waals surface area contributed by atoms with Crippen LogP contribution in [-0.4, -0.2) is 11.4 Å². The van der Waals surface area contributed by atoms with Gasteiger partial charge in [0, 0.05) is 11.6 Å². The fourth-order valence-corrected chi connectivity index (χ4v) is 0.156. The Bertz CT molecular complexity index is 70.6. The zero-order valence-corrected chi connectivity index (χ0v) is 4.68. The summed E-state index contributed by atoms with van der Waals surface area (Å²) >= 11 is 0. The van der Waals surface area contributed by atoms with Gasteiger partial charge in [-0.05, 0) is 6.92 Å². The van der Waals surface area contributed by atoms with E-state index in [0.717, 1.165) is 0 Å². The molecule has 0 amide bonds. The van der Waals surface area contributed by atoms with E-state index in [2.05, 4.69) is 12.1 Å². The Kier molecular flexibility index (Phi) is 1.81. The zero-order valence-electron chi connectivity index (χ0n) is 4.68. The SMILES string of the molecule is [CH2]C(C)(C)/C=N\O. The first-order chi connectivity index (χ1) is 3.06. The summed E-state index contributed by atoms with van der Waals surface area (Å²) in [5.74, 6) is 0. The molecule has 0 aliphatic carbocycles. The highest BCUT2D eigenvalue weighted by Crippen LogP contribution is 2.06. The molecular formula is C5H10NO. The van der Waals surface area contributed by atoms with Crippen LogP contribution in [0, 0.1) is 12.3 Å². The average Bonchev–Trinajstić information content (AvgIpc) is 1.30. The van der Waals surface area contributed by atoms with Gasteiger partial charge in [0.25, 0.3) is 0 Å². The minimum absolute atomic E-state index is 0.241. The summed E-state index contributed by atoms with van der Waals surface area (Å²) in [5, 5.41) is 10.8. The quantitative estimate of drug-likeness (QED) is 0.301. The standard InChI is InChI=1S/C5H10NO/c1-5(2,3)4-6-7/h4,7H,1H2,2-3H3/b6-4-. The molecule has 0 heterocycles. The number of oxime groups is 1. The van der Waals surface area contributed by atoms with Crippen molar-refractivity contribution >= 4 is 6.21 Å². The normalized spacial score (nSPS) is 13.0. The molecular weight excluding hydrogens is 90.1 g/mol. The monoisotopic (exact) mass is 100 g/mol. The van der Waals surface area contributed by atoms with Crippen molar-refractivity contribution in [1.82, 2.24) is 0 Å². The van der Waals surface area contributed by atoms with E-state index in [4.69, 9.17) is 5.21 Å². The minimum Gasteiger partial charge on any atom is -0.411 e. The first-order valence-electron chi connectivity index (χ1n) is 2.10. The maximum absolute atomic E-state index is 7.93. The molecule has 0 aromatic carbocycles. The molecule has 0 rings (SSSR count). The maximum atomic E-state index is 7.93. The van der Waals surface area contributed by atoms with Gasteiger partial charge in [-0.15, -0.1) is 5.16 Å². The smallest absolute Gasteiger partial charge is 0.0492 e. The predicted octanol–water partition coefficient (Wildman–Crippen LogP) is 1.31. The van der Waals surface area contributed by atoms with E-state index in [1.54, 1.807) is 0 Å². The van der Waals surface area contributed by atoms with Crippen LogP contribution in [0.3, 0.4) is 0 Å². The molecule has 41 valence electrons. The molecule has 0 aromatic heterocycles. The van der Waals surface area contributed by atoms with Crippen LogP contribution in [-0.2, 0) is 0 Å². The van der Waals surface area contributed by atoms with Gasteiger partial charge in [0.1, 0.15) is 0 Å². The molecule has 2 nitrogen and oxygen atoms in total. The van der Waals surface area contributed by atoms with Crippen molar-refractivity contribution in [2.24, 2.45) is 10.6 Å². The first kappa shape index (κ1) is 6.47. The average molecular weight is 100 g/mol. The summed E-state index contributed by atoms with van der Waals surface area (Å²) in [6, 6.07) is 0. The van der Waals surface area contributed by atoms with E-state index in [1.807, 2.05) is 13.8 Å². The number of hydrogen-bond acceptors (Lipinski definition) is 2. The lowest BCUT2D eigenvalue weighted by atomic mass is 10.00. The Morgan fingerprint density at radius 2 is 2.14 bits per heavy atom. The Hall–Kier alpha value is -0.530. The fourth-order valence-electron chi connectivity index (χ4n) is 0.156. The molecule has 0 unspecified atom stereocenters. The summed E-state index contributed by atoms with van der Waals surface area (Å²) in [4.78, 5) is 0. The molecule has 0 aliphatic rings. The lowest BCUT2D eigenvalue weighted by Crippen LogP contribution is -2.05. The fraction of sp³-hybridized carbons (Fsp3) is 0.600. The van der Waals surface area contributed by atoms with E-state index >= 15 is 0 Å². The lowest BCUT2D eigenvalue weighted by Gasteiger charge is -2.06. The van der Waals surface area contributed by atoms with Crippen molar-refractivity contribution in [2.45, 2.75) is 13.8 Å². The zero-order chi connectivity index (χ0) is 5.91. The summed E-state index contributed by atoms with van der Waals surface area (Å²) < 4.78 is 0. The molecule has 1 N–H and O–H groups in total. The van der Waals surface area contributed by atoms with Gasteiger partial charge < -0.3 is 5.21 Å². The van der Waals surface area contributed by atoms with Crippen molar-refractivity contribution in [1.29, 1.82) is 0 Å². The third-order valence-electron chi connectivity index (χ3n) is 0.407. The molecule has 0 saturated heterocycles. The Labute approximate surface area is 43.8 Å². The molecule has 0 bridgehead atoms. The van der Waals surface area contributed by atoms with Crippen molar-refractivity contribution in [3.63, 3.8) is 0 Å². The van der Waals surface area contributed by atoms with Crippen LogP contribution in [0.2, 0.25) is 0 Å². The summed E-state index contributed by atoms with van der Waals surface area (Å²) in [6.45, 7) is 7.36. The van der Waals surface area contributed by atoms with Crippen LogP contribution >= 0.6 is 0 Å². The van der Waals surface area contributed by atoms with Gasteiger partial charge >= 0.3 is 0 Å². The van der Waals surface area contributed by atoms with Gasteiger partial charge in [-0.25, -0.2) is 0 Å². The van der Waals surface area contributed by atoms with Crippen LogP contribution in [0.4, 0.5) is 0 Å². The molecule has 0 fully saturated rings. The molecule has 0 atom stereocenters. The van der Waals surface area contributed by atoms with Gasteiger partial charge in [-0.3, -0.25) is 0 Å². The molecule has 7 heavy (non-hydrogen) atoms. The highest BCUT2D eigenvalue weighted by molar-refractivity contribution is 5.64. The summed E-state index contributed by atoms with van der Waals surface area (Å²) in [7, 11) is 0. The number of rotatable bonds is 1. The topological polar surface area (TPSA) is 32.6 Å². The van der Waals surface area contributed by atoms with Gasteiger partial charge in [0.2, 0.25) is 0 Å². The van der Waals surface area contributed by atoms with Gasteiger partial charge in [0.05, 0.1) is 0 Å². The third-order valence-corrected chi connectivity index (χ3v) is 0.407. The van der Waals surface area contributed by atoms with E-state index in [1.165, 1.54) is 6.21 Å². The molecule has 1 radical (unpaired) electrons. The van der Waals surface area contributed by atoms with E-state index < -0.39 is 0 Å². The number of nitrogens with zero attached hydrogens (tertiary/aromatic N) is 1. The van der Waals surface area contributed by atoms with Gasteiger partial charge in [-0.2, -0.15) is 0 Å². The van der Waals surface area contributed by atoms with Crippen molar-refractivity contribution in [2.75, 3.05) is 0 Å². The predicted molar refractivity (Wildman–Crippen MR) is 29.4 cm³/mol. The Balaban J connectivity index is 3.56. The first-order valence-corrected chi connectivity index (χ1v) is 2.10.